The molecule has 0 aliphatic carbocycles. The molecule has 0 radical (unpaired) electrons. The molecule has 8 nitrogen and oxygen atoms in total. The maximum absolute atomic E-state index is 12.7. The summed E-state index contributed by atoms with van der Waals surface area (Å²) in [5.74, 6) is -0.221. The van der Waals surface area contributed by atoms with Crippen LogP contribution in [0.15, 0.2) is 60.8 Å². The minimum atomic E-state index is -4.34. The fraction of sp³-hybridized carbons (Fsp3) is 0.703. The predicted molar refractivity (Wildman–Crippen MR) is 193 cm³/mol. The van der Waals surface area contributed by atoms with Gasteiger partial charge in [-0.05, 0) is 64.2 Å². The number of hydrogen-bond donors (Lipinski definition) is 4. The minimum Gasteiger partial charge on any atom is -0.387 e. The number of nitrogens with two attached hydrogens (primary N) is 1. The first-order valence-corrected chi connectivity index (χ1v) is 19.4. The van der Waals surface area contributed by atoms with E-state index < -0.39 is 20.0 Å². The van der Waals surface area contributed by atoms with E-state index in [0.29, 0.717) is 6.42 Å². The van der Waals surface area contributed by atoms with Crippen LogP contribution in [0.3, 0.4) is 0 Å². The lowest BCUT2D eigenvalue weighted by Crippen LogP contribution is -2.45. The van der Waals surface area contributed by atoms with Crippen molar-refractivity contribution in [2.75, 3.05) is 19.8 Å². The molecular formula is C37H67N2O6P. The minimum absolute atomic E-state index is 0.0692. The van der Waals surface area contributed by atoms with Crippen molar-refractivity contribution in [3.63, 3.8) is 0 Å². The maximum atomic E-state index is 12.7. The van der Waals surface area contributed by atoms with Crippen LogP contribution >= 0.6 is 7.82 Å². The topological polar surface area (TPSA) is 131 Å². The van der Waals surface area contributed by atoms with Crippen LogP contribution in [-0.2, 0) is 18.4 Å². The van der Waals surface area contributed by atoms with Crippen molar-refractivity contribution in [2.45, 2.75) is 148 Å². The van der Waals surface area contributed by atoms with Crippen LogP contribution in [0, 0.1) is 0 Å². The Balaban J connectivity index is 4.35. The molecule has 266 valence electrons. The van der Waals surface area contributed by atoms with Gasteiger partial charge >= 0.3 is 7.82 Å². The fourth-order valence-electron chi connectivity index (χ4n) is 4.63. The van der Waals surface area contributed by atoms with Crippen molar-refractivity contribution in [3.8, 4) is 0 Å². The summed E-state index contributed by atoms with van der Waals surface area (Å²) in [4.78, 5) is 22.5. The van der Waals surface area contributed by atoms with Gasteiger partial charge in [-0.1, -0.05) is 126 Å². The van der Waals surface area contributed by atoms with Crippen LogP contribution in [0.2, 0.25) is 0 Å². The number of phosphoric ester groups is 1. The molecule has 46 heavy (non-hydrogen) atoms. The third-order valence-corrected chi connectivity index (χ3v) is 8.31. The molecule has 0 aromatic rings. The third-order valence-electron chi connectivity index (χ3n) is 7.33. The zero-order chi connectivity index (χ0) is 34.0. The van der Waals surface area contributed by atoms with Crippen molar-refractivity contribution in [1.29, 1.82) is 0 Å². The molecule has 0 aromatic carbocycles. The van der Waals surface area contributed by atoms with Crippen LogP contribution in [0.1, 0.15) is 136 Å². The van der Waals surface area contributed by atoms with Crippen molar-refractivity contribution in [2.24, 2.45) is 5.73 Å². The molecule has 0 saturated heterocycles. The highest BCUT2D eigenvalue weighted by Crippen LogP contribution is 2.43. The van der Waals surface area contributed by atoms with Gasteiger partial charge in [0.05, 0.1) is 25.4 Å². The van der Waals surface area contributed by atoms with E-state index in [1.807, 2.05) is 6.08 Å². The highest BCUT2D eigenvalue weighted by atomic mass is 31.2. The number of carbonyl (C=O) groups is 1. The number of phosphoric acid groups is 1. The van der Waals surface area contributed by atoms with E-state index >= 15 is 0 Å². The monoisotopic (exact) mass is 666 g/mol. The van der Waals surface area contributed by atoms with E-state index in [-0.39, 0.29) is 25.7 Å². The average Bonchev–Trinajstić information content (AvgIpc) is 3.04. The van der Waals surface area contributed by atoms with Crippen LogP contribution < -0.4 is 11.1 Å². The summed E-state index contributed by atoms with van der Waals surface area (Å²) in [7, 11) is -4.34. The molecule has 0 spiro atoms. The first kappa shape index (κ1) is 44.2. The van der Waals surface area contributed by atoms with Gasteiger partial charge in [0.2, 0.25) is 5.91 Å². The van der Waals surface area contributed by atoms with E-state index in [1.165, 1.54) is 44.9 Å². The Labute approximate surface area is 281 Å². The summed E-state index contributed by atoms with van der Waals surface area (Å²) in [6, 6.07) is -0.882. The van der Waals surface area contributed by atoms with Gasteiger partial charge in [-0.2, -0.15) is 0 Å². The van der Waals surface area contributed by atoms with Crippen LogP contribution in [0.25, 0.3) is 0 Å². The van der Waals surface area contributed by atoms with Crippen molar-refractivity contribution < 1.29 is 28.4 Å². The Morgan fingerprint density at radius 1 is 0.739 bits per heavy atom. The number of allylic oxidation sites excluding steroid dienone is 9. The number of nitrogens with one attached hydrogen (secondary N) is 1. The summed E-state index contributed by atoms with van der Waals surface area (Å²) in [6.07, 6.45) is 39.8. The van der Waals surface area contributed by atoms with Crippen LogP contribution in [-0.4, -0.2) is 47.8 Å². The second-order valence-electron chi connectivity index (χ2n) is 11.7. The summed E-state index contributed by atoms with van der Waals surface area (Å²) in [6.45, 7) is 3.92. The Kier molecular flexibility index (Phi) is 31.8. The third kappa shape index (κ3) is 30.8. The van der Waals surface area contributed by atoms with Gasteiger partial charge in [0, 0.05) is 13.0 Å². The molecule has 3 atom stereocenters. The molecular weight excluding hydrogens is 599 g/mol. The number of aliphatic hydroxyl groups excluding tert-OH is 1. The molecule has 0 rings (SSSR count). The zero-order valence-corrected chi connectivity index (χ0v) is 29.9. The largest absolute Gasteiger partial charge is 0.472 e. The summed E-state index contributed by atoms with van der Waals surface area (Å²) in [5.41, 5.74) is 5.34. The Hall–Kier alpha value is -1.80. The van der Waals surface area contributed by atoms with Gasteiger partial charge < -0.3 is 21.1 Å². The lowest BCUT2D eigenvalue weighted by molar-refractivity contribution is -0.123. The number of hydrogen-bond acceptors (Lipinski definition) is 6. The number of aliphatic hydroxyl groups is 1. The molecule has 0 bridgehead atoms. The van der Waals surface area contributed by atoms with E-state index in [1.54, 1.807) is 6.08 Å². The normalized spacial score (nSPS) is 15.2. The molecule has 1 amide bonds. The molecule has 5 N–H and O–H groups in total. The van der Waals surface area contributed by atoms with Gasteiger partial charge in [0.25, 0.3) is 0 Å². The van der Waals surface area contributed by atoms with Crippen molar-refractivity contribution >= 4 is 13.7 Å². The number of amides is 1. The Bertz CT molecular complexity index is 902. The Morgan fingerprint density at radius 3 is 1.93 bits per heavy atom. The molecule has 3 unspecified atom stereocenters. The van der Waals surface area contributed by atoms with Gasteiger partial charge in [0.15, 0.2) is 0 Å². The van der Waals surface area contributed by atoms with Gasteiger partial charge in [-0.15, -0.1) is 0 Å². The standard InChI is InChI=1S/C37H67N2O6P/c1-3-5-7-9-11-13-15-16-17-18-19-20-21-23-25-27-29-31-37(41)39-35(34-45-46(42,43)44-33-32-38)36(40)30-28-26-24-22-14-12-10-8-6-4-2/h5,7,11,13-14,16-17,22,28,30,35-36,40H,3-4,6,8-10,12,15,18-21,23-27,29,31-34,38H2,1-2H3,(H,39,41)(H,42,43)/b7-5-,13-11-,17-16-,22-14+,30-28+. The second-order valence-corrected chi connectivity index (χ2v) is 13.1. The summed E-state index contributed by atoms with van der Waals surface area (Å²) in [5, 5.41) is 13.5. The van der Waals surface area contributed by atoms with Crippen molar-refractivity contribution in [1.82, 2.24) is 5.32 Å². The van der Waals surface area contributed by atoms with Crippen molar-refractivity contribution in [3.05, 3.63) is 60.8 Å². The van der Waals surface area contributed by atoms with Gasteiger partial charge in [0.1, 0.15) is 0 Å². The first-order chi connectivity index (χ1) is 22.4. The smallest absolute Gasteiger partial charge is 0.387 e. The number of carbonyl (C=O) groups excluding carboxylic acids is 1. The molecule has 0 aliphatic heterocycles. The predicted octanol–water partition coefficient (Wildman–Crippen LogP) is 9.16. The highest BCUT2D eigenvalue weighted by molar-refractivity contribution is 7.47. The average molecular weight is 667 g/mol. The molecule has 0 heterocycles. The number of unbranched alkanes of at least 4 members (excludes halogenated alkanes) is 12. The second kappa shape index (κ2) is 33.1. The summed E-state index contributed by atoms with van der Waals surface area (Å²) >= 11 is 0. The maximum Gasteiger partial charge on any atom is 0.472 e. The van der Waals surface area contributed by atoms with Crippen LogP contribution in [0.5, 0.6) is 0 Å². The molecule has 0 saturated carbocycles. The summed E-state index contributed by atoms with van der Waals surface area (Å²) < 4.78 is 21.9. The molecule has 0 aliphatic rings. The highest BCUT2D eigenvalue weighted by Gasteiger charge is 2.26. The first-order valence-electron chi connectivity index (χ1n) is 17.9. The molecule has 0 fully saturated rings. The lowest BCUT2D eigenvalue weighted by atomic mass is 10.1. The van der Waals surface area contributed by atoms with E-state index in [4.69, 9.17) is 14.8 Å². The van der Waals surface area contributed by atoms with E-state index in [9.17, 15) is 19.4 Å². The van der Waals surface area contributed by atoms with Gasteiger partial charge in [-0.25, -0.2) is 4.57 Å². The zero-order valence-electron chi connectivity index (χ0n) is 29.0. The molecule has 9 heteroatoms. The van der Waals surface area contributed by atoms with Gasteiger partial charge in [-0.3, -0.25) is 13.8 Å². The lowest BCUT2D eigenvalue weighted by Gasteiger charge is -2.23. The van der Waals surface area contributed by atoms with E-state index in [2.05, 4.69) is 67.8 Å². The Morgan fingerprint density at radius 2 is 1.28 bits per heavy atom. The quantitative estimate of drug-likeness (QED) is 0.0320. The van der Waals surface area contributed by atoms with Crippen LogP contribution in [0.4, 0.5) is 0 Å². The number of rotatable bonds is 32. The molecule has 0 aromatic heterocycles. The fourth-order valence-corrected chi connectivity index (χ4v) is 5.39. The van der Waals surface area contributed by atoms with E-state index in [0.717, 1.165) is 70.6 Å². The SMILES string of the molecule is CC/C=C\C/C=C\C/C=C\CCCCCCCCCC(=O)NC(COP(=O)(O)OCCN)C(O)/C=C/CC/C=C/CCCCCC.